The Bertz CT molecular complexity index is 743. The van der Waals surface area contributed by atoms with Crippen molar-refractivity contribution in [3.63, 3.8) is 0 Å². The van der Waals surface area contributed by atoms with Gasteiger partial charge < -0.3 is 10.3 Å². The minimum atomic E-state index is 0.797. The molecule has 0 bridgehead atoms. The lowest BCUT2D eigenvalue weighted by atomic mass is 10.1. The number of hydrogen-bond donors (Lipinski definition) is 1. The minimum Gasteiger partial charge on any atom is -0.398 e. The quantitative estimate of drug-likeness (QED) is 0.713. The van der Waals surface area contributed by atoms with Crippen LogP contribution in [0, 0.1) is 6.92 Å². The summed E-state index contributed by atoms with van der Waals surface area (Å²) in [7, 11) is 0. The van der Waals surface area contributed by atoms with E-state index in [-0.39, 0.29) is 0 Å². The van der Waals surface area contributed by atoms with Crippen LogP contribution in [0.3, 0.4) is 0 Å². The van der Waals surface area contributed by atoms with E-state index in [4.69, 9.17) is 10.7 Å². The molecule has 3 aromatic rings. The first-order valence-electron chi connectivity index (χ1n) is 6.38. The zero-order valence-electron chi connectivity index (χ0n) is 11.1. The van der Waals surface area contributed by atoms with Gasteiger partial charge in [-0.2, -0.15) is 0 Å². The van der Waals surface area contributed by atoms with Gasteiger partial charge in [0, 0.05) is 24.0 Å². The van der Waals surface area contributed by atoms with E-state index in [1.165, 1.54) is 0 Å². The van der Waals surface area contributed by atoms with Crippen LogP contribution in [0.5, 0.6) is 0 Å². The highest BCUT2D eigenvalue weighted by molar-refractivity contribution is 5.81. The Labute approximate surface area is 111 Å². The lowest BCUT2D eigenvalue weighted by molar-refractivity contribution is 0.795. The fourth-order valence-electron chi connectivity index (χ4n) is 2.40. The van der Waals surface area contributed by atoms with Crippen molar-refractivity contribution in [1.82, 2.24) is 14.5 Å². The van der Waals surface area contributed by atoms with E-state index in [0.717, 1.165) is 40.2 Å². The van der Waals surface area contributed by atoms with Gasteiger partial charge in [-0.15, -0.1) is 0 Å². The highest BCUT2D eigenvalue weighted by Crippen LogP contribution is 2.29. The molecule has 0 aliphatic carbocycles. The lowest BCUT2D eigenvalue weighted by Crippen LogP contribution is -2.00. The van der Waals surface area contributed by atoms with Gasteiger partial charge in [-0.1, -0.05) is 12.1 Å². The minimum absolute atomic E-state index is 0.797. The van der Waals surface area contributed by atoms with Gasteiger partial charge in [0.05, 0.1) is 11.7 Å². The molecule has 0 saturated carbocycles. The predicted octanol–water partition coefficient (Wildman–Crippen LogP) is 3.01. The van der Waals surface area contributed by atoms with E-state index in [1.54, 1.807) is 12.4 Å². The van der Waals surface area contributed by atoms with Crippen molar-refractivity contribution < 1.29 is 0 Å². The van der Waals surface area contributed by atoms with Gasteiger partial charge >= 0.3 is 0 Å². The average molecular weight is 252 g/mol. The van der Waals surface area contributed by atoms with Gasteiger partial charge in [-0.3, -0.25) is 4.98 Å². The zero-order chi connectivity index (χ0) is 13.4. The number of nitrogen functional groups attached to an aromatic ring is 1. The van der Waals surface area contributed by atoms with Crippen LogP contribution in [0.15, 0.2) is 36.7 Å². The van der Waals surface area contributed by atoms with Crippen molar-refractivity contribution in [3.8, 4) is 11.4 Å². The van der Waals surface area contributed by atoms with E-state index < -0.39 is 0 Å². The van der Waals surface area contributed by atoms with E-state index in [2.05, 4.69) is 22.5 Å². The molecule has 1 aromatic carbocycles. The summed E-state index contributed by atoms with van der Waals surface area (Å²) in [6.45, 7) is 5.01. The Hall–Kier alpha value is -2.36. The summed E-state index contributed by atoms with van der Waals surface area (Å²) < 4.78 is 2.19. The normalized spacial score (nSPS) is 11.1. The molecule has 19 heavy (non-hydrogen) atoms. The van der Waals surface area contributed by atoms with Crippen LogP contribution in [-0.2, 0) is 6.54 Å². The van der Waals surface area contributed by atoms with Crippen LogP contribution in [0.4, 0.5) is 5.69 Å². The number of hydrogen-bond acceptors (Lipinski definition) is 3. The number of rotatable bonds is 2. The Balaban J connectivity index is 2.33. The van der Waals surface area contributed by atoms with E-state index in [1.807, 2.05) is 25.1 Å². The monoisotopic (exact) mass is 252 g/mol. The molecule has 0 radical (unpaired) electrons. The number of benzene rings is 1. The molecule has 3 rings (SSSR count). The molecule has 2 N–H and O–H groups in total. The molecule has 96 valence electrons. The molecule has 0 atom stereocenters. The molecule has 0 aliphatic rings. The van der Waals surface area contributed by atoms with E-state index >= 15 is 0 Å². The maximum absolute atomic E-state index is 5.99. The molecule has 4 heteroatoms. The van der Waals surface area contributed by atoms with Crippen molar-refractivity contribution in [1.29, 1.82) is 0 Å². The Morgan fingerprint density at radius 3 is 2.89 bits per heavy atom. The zero-order valence-corrected chi connectivity index (χ0v) is 11.1. The van der Waals surface area contributed by atoms with Gasteiger partial charge in [-0.05, 0) is 31.5 Å². The van der Waals surface area contributed by atoms with Gasteiger partial charge in [0.25, 0.3) is 0 Å². The summed E-state index contributed by atoms with van der Waals surface area (Å²) in [5, 5.41) is 0. The maximum Gasteiger partial charge on any atom is 0.141 e. The van der Waals surface area contributed by atoms with Crippen LogP contribution in [0.1, 0.15) is 12.5 Å². The van der Waals surface area contributed by atoms with E-state index in [9.17, 15) is 0 Å². The van der Waals surface area contributed by atoms with Crippen LogP contribution in [0.2, 0.25) is 0 Å². The fraction of sp³-hybridized carbons (Fsp3) is 0.200. The second-order valence-corrected chi connectivity index (χ2v) is 4.56. The molecule has 0 aliphatic heterocycles. The molecule has 2 heterocycles. The van der Waals surface area contributed by atoms with Crippen molar-refractivity contribution in [2.24, 2.45) is 0 Å². The topological polar surface area (TPSA) is 56.7 Å². The number of imidazole rings is 1. The van der Waals surface area contributed by atoms with Gasteiger partial charge in [-0.25, -0.2) is 4.98 Å². The van der Waals surface area contributed by atoms with Gasteiger partial charge in [0.1, 0.15) is 11.3 Å². The first-order valence-corrected chi connectivity index (χ1v) is 6.38. The number of nitrogens with zero attached hydrogens (tertiary/aromatic N) is 3. The molecule has 0 fully saturated rings. The standard InChI is InChI=1S/C15H16N4/c1-3-19-14-7-8-17-9-13(14)18-15(19)11-5-4-6-12(16)10(11)2/h4-9H,3,16H2,1-2H3. The first-order chi connectivity index (χ1) is 9.22. The molecule has 0 spiro atoms. The molecule has 0 saturated heterocycles. The van der Waals surface area contributed by atoms with Crippen LogP contribution in [-0.4, -0.2) is 14.5 Å². The number of aromatic nitrogens is 3. The largest absolute Gasteiger partial charge is 0.398 e. The number of fused-ring (bicyclic) bond motifs is 1. The smallest absolute Gasteiger partial charge is 0.141 e. The third kappa shape index (κ3) is 1.76. The highest BCUT2D eigenvalue weighted by Gasteiger charge is 2.13. The summed E-state index contributed by atoms with van der Waals surface area (Å²) >= 11 is 0. The van der Waals surface area contributed by atoms with Crippen LogP contribution in [0.25, 0.3) is 22.4 Å². The second kappa shape index (κ2) is 4.39. The summed E-state index contributed by atoms with van der Waals surface area (Å²) in [5.74, 6) is 0.954. The fourth-order valence-corrected chi connectivity index (χ4v) is 2.40. The van der Waals surface area contributed by atoms with Crippen molar-refractivity contribution in [2.45, 2.75) is 20.4 Å². The van der Waals surface area contributed by atoms with E-state index in [0.29, 0.717) is 0 Å². The summed E-state index contributed by atoms with van der Waals surface area (Å²) in [6.07, 6.45) is 3.60. The number of aryl methyl sites for hydroxylation is 1. The molecule has 0 unspecified atom stereocenters. The summed E-state index contributed by atoms with van der Waals surface area (Å²) in [6, 6.07) is 7.94. The third-order valence-corrected chi connectivity index (χ3v) is 3.48. The Kier molecular flexibility index (Phi) is 2.71. The average Bonchev–Trinajstić information content (AvgIpc) is 2.80. The SMILES string of the molecule is CCn1c(-c2cccc(N)c2C)nc2cnccc21. The van der Waals surface area contributed by atoms with Crippen molar-refractivity contribution in [3.05, 3.63) is 42.2 Å². The Morgan fingerprint density at radius 1 is 1.26 bits per heavy atom. The first kappa shape index (κ1) is 11.7. The molecule has 2 aromatic heterocycles. The number of pyridine rings is 1. The molecular weight excluding hydrogens is 236 g/mol. The van der Waals surface area contributed by atoms with Crippen molar-refractivity contribution >= 4 is 16.7 Å². The Morgan fingerprint density at radius 2 is 2.11 bits per heavy atom. The predicted molar refractivity (Wildman–Crippen MR) is 77.8 cm³/mol. The summed E-state index contributed by atoms with van der Waals surface area (Å²) in [5.41, 5.74) is 11.0. The third-order valence-electron chi connectivity index (χ3n) is 3.48. The van der Waals surface area contributed by atoms with Crippen LogP contribution >= 0.6 is 0 Å². The highest BCUT2D eigenvalue weighted by atomic mass is 15.1. The molecule has 4 nitrogen and oxygen atoms in total. The summed E-state index contributed by atoms with van der Waals surface area (Å²) in [4.78, 5) is 8.84. The van der Waals surface area contributed by atoms with Crippen molar-refractivity contribution in [2.75, 3.05) is 5.73 Å². The van der Waals surface area contributed by atoms with Gasteiger partial charge in [0.15, 0.2) is 0 Å². The second-order valence-electron chi connectivity index (χ2n) is 4.56. The number of anilines is 1. The lowest BCUT2D eigenvalue weighted by Gasteiger charge is -2.10. The van der Waals surface area contributed by atoms with Gasteiger partial charge in [0.2, 0.25) is 0 Å². The maximum atomic E-state index is 5.99. The van der Waals surface area contributed by atoms with Crippen LogP contribution < -0.4 is 5.73 Å². The molecule has 0 amide bonds. The number of nitrogens with two attached hydrogens (primary N) is 1. The molecular formula is C15H16N4.